The van der Waals surface area contributed by atoms with Crippen molar-refractivity contribution in [3.8, 4) is 0 Å². The Kier molecular flexibility index (Phi) is 3.24. The van der Waals surface area contributed by atoms with Gasteiger partial charge in [-0.25, -0.2) is 0 Å². The molecule has 0 aliphatic rings. The smallest absolute Gasteiger partial charge is 0.251 e. The fourth-order valence-electron chi connectivity index (χ4n) is 0.805. The largest absolute Gasteiger partial charge is 0.369 e. The van der Waals surface area contributed by atoms with Crippen LogP contribution in [0.15, 0.2) is 16.9 Å². The first-order chi connectivity index (χ1) is 6.56. The standard InChI is InChI=1S/C9H14N2O3/c1-9(2,13-3)8(12)10-6-7-4-5-14-11-7/h4-5H,6H2,1-3H3,(H,10,12). The molecule has 1 N–H and O–H groups in total. The first-order valence-electron chi connectivity index (χ1n) is 4.29. The highest BCUT2D eigenvalue weighted by Crippen LogP contribution is 2.07. The van der Waals surface area contributed by atoms with E-state index in [1.54, 1.807) is 19.9 Å². The van der Waals surface area contributed by atoms with Crippen molar-refractivity contribution < 1.29 is 14.1 Å². The number of carbonyl (C=O) groups excluding carboxylic acids is 1. The maximum atomic E-state index is 11.5. The van der Waals surface area contributed by atoms with Gasteiger partial charge in [-0.15, -0.1) is 0 Å². The van der Waals surface area contributed by atoms with Crippen molar-refractivity contribution in [1.29, 1.82) is 0 Å². The summed E-state index contributed by atoms with van der Waals surface area (Å²) in [6.45, 7) is 3.75. The third-order valence-electron chi connectivity index (χ3n) is 1.98. The SMILES string of the molecule is COC(C)(C)C(=O)NCc1ccon1. The van der Waals surface area contributed by atoms with Gasteiger partial charge in [0.05, 0.1) is 6.54 Å². The minimum atomic E-state index is -0.816. The Morgan fingerprint density at radius 2 is 2.43 bits per heavy atom. The summed E-state index contributed by atoms with van der Waals surface area (Å²) in [5.41, 5.74) is -0.130. The van der Waals surface area contributed by atoms with Gasteiger partial charge in [0.1, 0.15) is 17.6 Å². The molecule has 0 aliphatic carbocycles. The van der Waals surface area contributed by atoms with Crippen LogP contribution < -0.4 is 5.32 Å². The quantitative estimate of drug-likeness (QED) is 0.774. The van der Waals surface area contributed by atoms with E-state index in [1.807, 2.05) is 0 Å². The fraction of sp³-hybridized carbons (Fsp3) is 0.556. The number of aromatic nitrogens is 1. The Morgan fingerprint density at radius 3 is 2.93 bits per heavy atom. The molecule has 0 unspecified atom stereocenters. The van der Waals surface area contributed by atoms with Crippen LogP contribution in [-0.4, -0.2) is 23.8 Å². The van der Waals surface area contributed by atoms with Crippen LogP contribution in [0, 0.1) is 0 Å². The molecule has 0 aromatic carbocycles. The summed E-state index contributed by atoms with van der Waals surface area (Å²) in [5.74, 6) is -0.178. The van der Waals surface area contributed by atoms with Gasteiger partial charge in [0, 0.05) is 13.2 Å². The highest BCUT2D eigenvalue weighted by Gasteiger charge is 2.26. The predicted molar refractivity (Wildman–Crippen MR) is 49.4 cm³/mol. The number of amides is 1. The van der Waals surface area contributed by atoms with Gasteiger partial charge in [0.2, 0.25) is 0 Å². The van der Waals surface area contributed by atoms with Gasteiger partial charge in [0.15, 0.2) is 0 Å². The summed E-state index contributed by atoms with van der Waals surface area (Å²) >= 11 is 0. The molecule has 0 fully saturated rings. The zero-order chi connectivity index (χ0) is 10.6. The summed E-state index contributed by atoms with van der Waals surface area (Å²) in [6.07, 6.45) is 1.46. The number of hydrogen-bond donors (Lipinski definition) is 1. The molecular weight excluding hydrogens is 184 g/mol. The molecule has 1 aromatic rings. The average Bonchev–Trinajstić information content (AvgIpc) is 2.66. The minimum Gasteiger partial charge on any atom is -0.369 e. The van der Waals surface area contributed by atoms with Gasteiger partial charge in [-0.2, -0.15) is 0 Å². The summed E-state index contributed by atoms with van der Waals surface area (Å²) < 4.78 is 9.64. The molecule has 1 aromatic heterocycles. The second kappa shape index (κ2) is 4.23. The molecule has 0 saturated heterocycles. The Bertz CT molecular complexity index is 293. The van der Waals surface area contributed by atoms with Gasteiger partial charge >= 0.3 is 0 Å². The maximum absolute atomic E-state index is 11.5. The number of rotatable bonds is 4. The normalized spacial score (nSPS) is 11.4. The fourth-order valence-corrected chi connectivity index (χ4v) is 0.805. The van der Waals surface area contributed by atoms with Crippen molar-refractivity contribution in [2.45, 2.75) is 26.0 Å². The van der Waals surface area contributed by atoms with Crippen molar-refractivity contribution >= 4 is 5.91 Å². The lowest BCUT2D eigenvalue weighted by Gasteiger charge is -2.21. The van der Waals surface area contributed by atoms with Crippen molar-refractivity contribution in [2.24, 2.45) is 0 Å². The Balaban J connectivity index is 2.43. The molecule has 78 valence electrons. The zero-order valence-electron chi connectivity index (χ0n) is 8.53. The molecule has 0 spiro atoms. The molecule has 0 aliphatic heterocycles. The van der Waals surface area contributed by atoms with Crippen LogP contribution in [0.2, 0.25) is 0 Å². The Morgan fingerprint density at radius 1 is 1.71 bits per heavy atom. The topological polar surface area (TPSA) is 64.4 Å². The van der Waals surface area contributed by atoms with Crippen molar-refractivity contribution in [3.63, 3.8) is 0 Å². The number of nitrogens with zero attached hydrogens (tertiary/aromatic N) is 1. The molecule has 5 heteroatoms. The van der Waals surface area contributed by atoms with E-state index in [1.165, 1.54) is 13.4 Å². The number of hydrogen-bond acceptors (Lipinski definition) is 4. The monoisotopic (exact) mass is 198 g/mol. The highest BCUT2D eigenvalue weighted by molar-refractivity contribution is 5.84. The van der Waals surface area contributed by atoms with Gasteiger partial charge in [0.25, 0.3) is 5.91 Å². The van der Waals surface area contributed by atoms with Crippen LogP contribution in [0.3, 0.4) is 0 Å². The maximum Gasteiger partial charge on any atom is 0.251 e. The number of carbonyl (C=O) groups is 1. The van der Waals surface area contributed by atoms with Gasteiger partial charge in [-0.1, -0.05) is 5.16 Å². The van der Waals surface area contributed by atoms with E-state index in [0.717, 1.165) is 0 Å². The Labute approximate surface area is 82.4 Å². The number of ether oxygens (including phenoxy) is 1. The van der Waals surface area contributed by atoms with Gasteiger partial charge in [-0.3, -0.25) is 4.79 Å². The second-order valence-corrected chi connectivity index (χ2v) is 3.39. The van der Waals surface area contributed by atoms with E-state index in [4.69, 9.17) is 4.74 Å². The molecule has 1 rings (SSSR count). The molecule has 0 saturated carbocycles. The zero-order valence-corrected chi connectivity index (χ0v) is 8.53. The summed E-state index contributed by atoms with van der Waals surface area (Å²) in [4.78, 5) is 11.5. The van der Waals surface area contributed by atoms with E-state index in [-0.39, 0.29) is 5.91 Å². The third-order valence-corrected chi connectivity index (χ3v) is 1.98. The molecule has 14 heavy (non-hydrogen) atoms. The number of nitrogens with one attached hydrogen (secondary N) is 1. The molecule has 1 heterocycles. The van der Waals surface area contributed by atoms with E-state index >= 15 is 0 Å². The summed E-state index contributed by atoms with van der Waals surface area (Å²) in [5, 5.41) is 6.36. The van der Waals surface area contributed by atoms with Crippen molar-refractivity contribution in [3.05, 3.63) is 18.0 Å². The molecule has 0 bridgehead atoms. The number of methoxy groups -OCH3 is 1. The third kappa shape index (κ3) is 2.56. The van der Waals surface area contributed by atoms with Crippen LogP contribution in [0.5, 0.6) is 0 Å². The van der Waals surface area contributed by atoms with Crippen molar-refractivity contribution in [2.75, 3.05) is 7.11 Å². The predicted octanol–water partition coefficient (Wildman–Crippen LogP) is 0.716. The van der Waals surface area contributed by atoms with E-state index in [9.17, 15) is 4.79 Å². The van der Waals surface area contributed by atoms with Crippen LogP contribution in [-0.2, 0) is 16.1 Å². The lowest BCUT2D eigenvalue weighted by Crippen LogP contribution is -2.43. The molecule has 0 atom stereocenters. The lowest BCUT2D eigenvalue weighted by molar-refractivity contribution is -0.139. The lowest BCUT2D eigenvalue weighted by atomic mass is 10.1. The first kappa shape index (κ1) is 10.7. The van der Waals surface area contributed by atoms with Crippen LogP contribution in [0.25, 0.3) is 0 Å². The molecule has 5 nitrogen and oxygen atoms in total. The molecular formula is C9H14N2O3. The van der Waals surface area contributed by atoms with Gasteiger partial charge < -0.3 is 14.6 Å². The molecule has 1 amide bonds. The van der Waals surface area contributed by atoms with Crippen LogP contribution in [0.4, 0.5) is 0 Å². The molecule has 0 radical (unpaired) electrons. The minimum absolute atomic E-state index is 0.178. The van der Waals surface area contributed by atoms with E-state index < -0.39 is 5.60 Å². The van der Waals surface area contributed by atoms with Crippen molar-refractivity contribution in [1.82, 2.24) is 10.5 Å². The first-order valence-corrected chi connectivity index (χ1v) is 4.29. The second-order valence-electron chi connectivity index (χ2n) is 3.39. The van der Waals surface area contributed by atoms with E-state index in [0.29, 0.717) is 12.2 Å². The summed E-state index contributed by atoms with van der Waals surface area (Å²) in [6, 6.07) is 1.69. The van der Waals surface area contributed by atoms with Crippen LogP contribution in [0.1, 0.15) is 19.5 Å². The highest BCUT2D eigenvalue weighted by atomic mass is 16.5. The average molecular weight is 198 g/mol. The Hall–Kier alpha value is -1.36. The van der Waals surface area contributed by atoms with E-state index in [2.05, 4.69) is 15.0 Å². The van der Waals surface area contributed by atoms with Gasteiger partial charge in [-0.05, 0) is 13.8 Å². The summed E-state index contributed by atoms with van der Waals surface area (Å²) in [7, 11) is 1.50. The van der Waals surface area contributed by atoms with Crippen LogP contribution >= 0.6 is 0 Å².